The molecule has 3 atom stereocenters. The molecule has 3 N–H and O–H groups in total. The highest BCUT2D eigenvalue weighted by Crippen LogP contribution is 2.19. The zero-order chi connectivity index (χ0) is 18.7. The van der Waals surface area contributed by atoms with Crippen LogP contribution in [0.2, 0.25) is 0 Å². The van der Waals surface area contributed by atoms with Crippen molar-refractivity contribution in [1.29, 1.82) is 0 Å². The van der Waals surface area contributed by atoms with Gasteiger partial charge in [0.2, 0.25) is 0 Å². The molecule has 1 fully saturated rings. The Kier molecular flexibility index (Phi) is 10.4. The lowest BCUT2D eigenvalue weighted by Crippen LogP contribution is -2.41. The highest BCUT2D eigenvalue weighted by molar-refractivity contribution is 7.88. The van der Waals surface area contributed by atoms with E-state index >= 15 is 0 Å². The van der Waals surface area contributed by atoms with Gasteiger partial charge in [0.1, 0.15) is 0 Å². The molecule has 0 radical (unpaired) electrons. The zero-order valence-corrected chi connectivity index (χ0v) is 16.4. The molecule has 3 unspecified atom stereocenters. The van der Waals surface area contributed by atoms with Gasteiger partial charge in [-0.1, -0.05) is 25.5 Å². The van der Waals surface area contributed by atoms with E-state index in [0.29, 0.717) is 18.5 Å². The topological polar surface area (TPSA) is 97.0 Å². The molecule has 7 nitrogen and oxygen atoms in total. The van der Waals surface area contributed by atoms with Crippen molar-refractivity contribution in [2.24, 2.45) is 16.0 Å². The Morgan fingerprint density at radius 2 is 2.20 bits per heavy atom. The molecule has 1 aliphatic heterocycles. The van der Waals surface area contributed by atoms with Crippen LogP contribution in [0.25, 0.3) is 0 Å². The fraction of sp³-hybridized carbons (Fsp3) is 0.824. The SMILES string of the molecule is C=NS(=O)(=O)NC/C=C\CCC(OCC1CCCCN1C)C(C)CN. The summed E-state index contributed by atoms with van der Waals surface area (Å²) in [7, 11) is -1.44. The van der Waals surface area contributed by atoms with Crippen LogP contribution < -0.4 is 10.5 Å². The Hall–Kier alpha value is -0.800. The van der Waals surface area contributed by atoms with Gasteiger partial charge in [0, 0.05) is 19.3 Å². The van der Waals surface area contributed by atoms with Gasteiger partial charge >= 0.3 is 10.2 Å². The molecular formula is C17H34N4O3S. The molecule has 146 valence electrons. The molecule has 0 amide bonds. The summed E-state index contributed by atoms with van der Waals surface area (Å²) < 4.78 is 33.7. The average molecular weight is 375 g/mol. The third kappa shape index (κ3) is 8.91. The molecule has 1 aliphatic rings. The summed E-state index contributed by atoms with van der Waals surface area (Å²) in [5.41, 5.74) is 5.82. The minimum absolute atomic E-state index is 0.122. The Bertz CT molecular complexity index is 510. The van der Waals surface area contributed by atoms with Crippen molar-refractivity contribution in [3.8, 4) is 0 Å². The first-order valence-electron chi connectivity index (χ1n) is 9.04. The number of nitrogens with one attached hydrogen (secondary N) is 1. The maximum atomic E-state index is 11.1. The van der Waals surface area contributed by atoms with Crippen molar-refractivity contribution in [3.63, 3.8) is 0 Å². The van der Waals surface area contributed by atoms with E-state index in [1.807, 2.05) is 6.08 Å². The van der Waals surface area contributed by atoms with Crippen LogP contribution in [0.4, 0.5) is 0 Å². The molecule has 0 aliphatic carbocycles. The van der Waals surface area contributed by atoms with E-state index in [9.17, 15) is 8.42 Å². The lowest BCUT2D eigenvalue weighted by molar-refractivity contribution is -0.0222. The number of nitrogens with zero attached hydrogens (tertiary/aromatic N) is 2. The molecule has 0 aromatic carbocycles. The van der Waals surface area contributed by atoms with E-state index in [1.165, 1.54) is 19.3 Å². The first kappa shape index (κ1) is 22.2. The van der Waals surface area contributed by atoms with Crippen molar-refractivity contribution < 1.29 is 13.2 Å². The Morgan fingerprint density at radius 1 is 1.44 bits per heavy atom. The maximum Gasteiger partial charge on any atom is 0.319 e. The number of likely N-dealkylation sites (tertiary alicyclic amines) is 1. The summed E-state index contributed by atoms with van der Waals surface area (Å²) in [6, 6.07) is 0.498. The number of likely N-dealkylation sites (N-methyl/N-ethyl adjacent to an activating group) is 1. The summed E-state index contributed by atoms with van der Waals surface area (Å²) in [4.78, 5) is 2.38. The van der Waals surface area contributed by atoms with E-state index in [1.54, 1.807) is 6.08 Å². The lowest BCUT2D eigenvalue weighted by Gasteiger charge is -2.34. The van der Waals surface area contributed by atoms with E-state index < -0.39 is 10.2 Å². The first-order valence-corrected chi connectivity index (χ1v) is 10.5. The van der Waals surface area contributed by atoms with Crippen LogP contribution >= 0.6 is 0 Å². The van der Waals surface area contributed by atoms with Gasteiger partial charge in [-0.3, -0.25) is 0 Å². The third-order valence-electron chi connectivity index (χ3n) is 4.77. The normalized spacial score (nSPS) is 22.1. The van der Waals surface area contributed by atoms with Crippen molar-refractivity contribution in [2.45, 2.75) is 51.2 Å². The number of piperidine rings is 1. The van der Waals surface area contributed by atoms with E-state index in [0.717, 1.165) is 26.0 Å². The van der Waals surface area contributed by atoms with Gasteiger partial charge in [0.05, 0.1) is 12.7 Å². The second kappa shape index (κ2) is 11.7. The van der Waals surface area contributed by atoms with Gasteiger partial charge in [0.25, 0.3) is 0 Å². The molecule has 0 saturated carbocycles. The van der Waals surface area contributed by atoms with Crippen LogP contribution in [-0.2, 0) is 14.9 Å². The third-order valence-corrected chi connectivity index (χ3v) is 5.64. The number of allylic oxidation sites excluding steroid dienone is 1. The molecule has 8 heteroatoms. The largest absolute Gasteiger partial charge is 0.376 e. The number of hydrogen-bond acceptors (Lipinski definition) is 5. The quantitative estimate of drug-likeness (QED) is 0.397. The minimum Gasteiger partial charge on any atom is -0.376 e. The first-order chi connectivity index (χ1) is 11.9. The van der Waals surface area contributed by atoms with Crippen molar-refractivity contribution in [3.05, 3.63) is 12.2 Å². The van der Waals surface area contributed by atoms with Crippen molar-refractivity contribution in [1.82, 2.24) is 9.62 Å². The van der Waals surface area contributed by atoms with Crippen LogP contribution in [0.5, 0.6) is 0 Å². The van der Waals surface area contributed by atoms with Crippen LogP contribution in [0.15, 0.2) is 16.5 Å². The Labute approximate surface area is 152 Å². The smallest absolute Gasteiger partial charge is 0.319 e. The molecule has 1 saturated heterocycles. The molecule has 0 bridgehead atoms. The monoisotopic (exact) mass is 374 g/mol. The highest BCUT2D eigenvalue weighted by Gasteiger charge is 2.22. The minimum atomic E-state index is -3.60. The van der Waals surface area contributed by atoms with Gasteiger partial charge in [-0.15, -0.1) is 0 Å². The van der Waals surface area contributed by atoms with Gasteiger partial charge in [-0.2, -0.15) is 17.5 Å². The summed E-state index contributed by atoms with van der Waals surface area (Å²) in [5, 5.41) is 0. The van der Waals surface area contributed by atoms with Gasteiger partial charge in [-0.25, -0.2) is 0 Å². The average Bonchev–Trinajstić information content (AvgIpc) is 2.61. The molecule has 25 heavy (non-hydrogen) atoms. The molecule has 0 aromatic heterocycles. The summed E-state index contributed by atoms with van der Waals surface area (Å²) in [6.07, 6.45) is 9.28. The number of hydrogen-bond donors (Lipinski definition) is 2. The molecule has 1 heterocycles. The lowest BCUT2D eigenvalue weighted by atomic mass is 9.99. The van der Waals surface area contributed by atoms with E-state index in [-0.39, 0.29) is 12.6 Å². The fourth-order valence-electron chi connectivity index (χ4n) is 2.93. The molecule has 0 spiro atoms. The molecular weight excluding hydrogens is 340 g/mol. The predicted molar refractivity (Wildman–Crippen MR) is 103 cm³/mol. The van der Waals surface area contributed by atoms with Gasteiger partial charge < -0.3 is 15.4 Å². The van der Waals surface area contributed by atoms with E-state index in [4.69, 9.17) is 10.5 Å². The summed E-state index contributed by atoms with van der Waals surface area (Å²) >= 11 is 0. The summed E-state index contributed by atoms with van der Waals surface area (Å²) in [5.74, 6) is 0.297. The zero-order valence-electron chi connectivity index (χ0n) is 15.6. The fourth-order valence-corrected chi connectivity index (χ4v) is 3.33. The summed E-state index contributed by atoms with van der Waals surface area (Å²) in [6.45, 7) is 7.82. The highest BCUT2D eigenvalue weighted by atomic mass is 32.2. The molecule has 1 rings (SSSR count). The van der Waals surface area contributed by atoms with Crippen LogP contribution in [0.3, 0.4) is 0 Å². The maximum absolute atomic E-state index is 11.1. The predicted octanol–water partition coefficient (Wildman–Crippen LogP) is 1.32. The number of ether oxygens (including phenoxy) is 1. The standard InChI is InChI=1S/C17H34N4O3S/c1-15(13-18)17(24-14-16-9-6-8-12-21(16)3)10-5-4-7-11-20-25(22,23)19-2/h4,7,15-17,20H,2,5-6,8-14,18H2,1,3H3/b7-4-. The molecule has 0 aromatic rings. The Morgan fingerprint density at radius 3 is 2.84 bits per heavy atom. The van der Waals surface area contributed by atoms with Crippen LogP contribution in [-0.4, -0.2) is 65.5 Å². The van der Waals surface area contributed by atoms with Gasteiger partial charge in [0.15, 0.2) is 0 Å². The van der Waals surface area contributed by atoms with Crippen molar-refractivity contribution in [2.75, 3.05) is 33.3 Å². The van der Waals surface area contributed by atoms with E-state index in [2.05, 4.69) is 34.7 Å². The van der Waals surface area contributed by atoms with Crippen molar-refractivity contribution >= 4 is 16.9 Å². The second-order valence-corrected chi connectivity index (χ2v) is 8.21. The van der Waals surface area contributed by atoms with Gasteiger partial charge in [-0.05, 0) is 51.7 Å². The van der Waals surface area contributed by atoms with Crippen LogP contribution in [0.1, 0.15) is 39.0 Å². The Balaban J connectivity index is 2.36. The van der Waals surface area contributed by atoms with Crippen LogP contribution in [0, 0.1) is 5.92 Å². The number of rotatable bonds is 12. The number of nitrogens with two attached hydrogens (primary N) is 1. The second-order valence-electron chi connectivity index (χ2n) is 6.72.